The van der Waals surface area contributed by atoms with Gasteiger partial charge in [0, 0.05) is 29.7 Å². The van der Waals surface area contributed by atoms with Crippen molar-refractivity contribution in [1.29, 1.82) is 0 Å². The Balaban J connectivity index is 1.53. The Kier molecular flexibility index (Phi) is 4.66. The van der Waals surface area contributed by atoms with Crippen LogP contribution in [0.25, 0.3) is 10.9 Å². The van der Waals surface area contributed by atoms with E-state index in [0.29, 0.717) is 17.3 Å². The number of thioether (sulfide) groups is 1. The number of benzene rings is 1. The minimum atomic E-state index is -2.95. The number of halogens is 1. The third kappa shape index (κ3) is 3.45. The molecule has 9 heteroatoms. The Morgan fingerprint density at radius 1 is 1.31 bits per heavy atom. The van der Waals surface area contributed by atoms with Crippen molar-refractivity contribution in [2.24, 2.45) is 7.05 Å². The summed E-state index contributed by atoms with van der Waals surface area (Å²) in [6, 6.07) is 9.89. The molecule has 4 rings (SSSR count). The average Bonchev–Trinajstić information content (AvgIpc) is 3.15. The van der Waals surface area contributed by atoms with Crippen molar-refractivity contribution < 1.29 is 8.42 Å². The fourth-order valence-corrected chi connectivity index (χ4v) is 6.11. The Labute approximate surface area is 160 Å². The van der Waals surface area contributed by atoms with Gasteiger partial charge in [-0.3, -0.25) is 0 Å². The van der Waals surface area contributed by atoms with E-state index >= 15 is 0 Å². The molecule has 3 aromatic rings. The molecule has 26 heavy (non-hydrogen) atoms. The highest BCUT2D eigenvalue weighted by molar-refractivity contribution is 7.98. The van der Waals surface area contributed by atoms with Crippen molar-refractivity contribution in [3.63, 3.8) is 0 Å². The molecule has 1 aliphatic rings. The maximum atomic E-state index is 11.7. The second-order valence-electron chi connectivity index (χ2n) is 6.42. The highest BCUT2D eigenvalue weighted by Gasteiger charge is 2.32. The van der Waals surface area contributed by atoms with Gasteiger partial charge in [0.25, 0.3) is 0 Å². The van der Waals surface area contributed by atoms with Crippen LogP contribution >= 0.6 is 23.4 Å². The summed E-state index contributed by atoms with van der Waals surface area (Å²) in [4.78, 5) is 4.44. The molecule has 0 aliphatic carbocycles. The Morgan fingerprint density at radius 2 is 2.12 bits per heavy atom. The molecule has 0 radical (unpaired) electrons. The molecule has 1 unspecified atom stereocenters. The third-order valence-corrected chi connectivity index (χ3v) is 7.74. The molecule has 6 nitrogen and oxygen atoms in total. The molecule has 0 amide bonds. The van der Waals surface area contributed by atoms with Gasteiger partial charge in [-0.2, -0.15) is 0 Å². The summed E-state index contributed by atoms with van der Waals surface area (Å²) in [5, 5.41) is 10.7. The van der Waals surface area contributed by atoms with Crippen molar-refractivity contribution in [2.75, 3.05) is 11.5 Å². The van der Waals surface area contributed by atoms with E-state index in [9.17, 15) is 8.42 Å². The number of hydrogen-bond donors (Lipinski definition) is 0. The standard InChI is InChI=1S/C17H17ClN4O2S2/c1-22-16(12-6-7-26(23,24)10-12)20-21-17(22)25-9-13-8-11-4-2-3-5-14(11)19-15(13)18/h2-5,8,12H,6-7,9-10H2,1H3. The molecule has 3 heterocycles. The second kappa shape index (κ2) is 6.83. The number of rotatable bonds is 4. The summed E-state index contributed by atoms with van der Waals surface area (Å²) in [6.07, 6.45) is 0.611. The lowest BCUT2D eigenvalue weighted by Gasteiger charge is -2.09. The third-order valence-electron chi connectivity index (χ3n) is 4.57. The monoisotopic (exact) mass is 408 g/mol. The fourth-order valence-electron chi connectivity index (χ4n) is 3.19. The Morgan fingerprint density at radius 3 is 2.88 bits per heavy atom. The van der Waals surface area contributed by atoms with Gasteiger partial charge in [0.1, 0.15) is 11.0 Å². The van der Waals surface area contributed by atoms with Crippen LogP contribution in [0.3, 0.4) is 0 Å². The summed E-state index contributed by atoms with van der Waals surface area (Å²) < 4.78 is 25.3. The van der Waals surface area contributed by atoms with Crippen LogP contribution in [0.1, 0.15) is 23.7 Å². The van der Waals surface area contributed by atoms with Gasteiger partial charge in [-0.25, -0.2) is 13.4 Å². The van der Waals surface area contributed by atoms with Crippen molar-refractivity contribution in [1.82, 2.24) is 19.7 Å². The molecule has 1 aliphatic heterocycles. The first-order valence-corrected chi connectivity index (χ1v) is 11.4. The predicted molar refractivity (Wildman–Crippen MR) is 103 cm³/mol. The lowest BCUT2D eigenvalue weighted by Crippen LogP contribution is -2.09. The van der Waals surface area contributed by atoms with E-state index < -0.39 is 9.84 Å². The zero-order valence-corrected chi connectivity index (χ0v) is 16.5. The van der Waals surface area contributed by atoms with Crippen LogP contribution in [0.15, 0.2) is 35.5 Å². The van der Waals surface area contributed by atoms with Gasteiger partial charge in [0.15, 0.2) is 15.0 Å². The van der Waals surface area contributed by atoms with Crippen LogP contribution < -0.4 is 0 Å². The smallest absolute Gasteiger partial charge is 0.191 e. The van der Waals surface area contributed by atoms with Crippen LogP contribution in [-0.2, 0) is 22.6 Å². The van der Waals surface area contributed by atoms with E-state index in [-0.39, 0.29) is 17.4 Å². The van der Waals surface area contributed by atoms with Crippen molar-refractivity contribution in [2.45, 2.75) is 23.2 Å². The summed E-state index contributed by atoms with van der Waals surface area (Å²) in [7, 11) is -1.07. The fraction of sp³-hybridized carbons (Fsp3) is 0.353. The Bertz CT molecular complexity index is 1080. The summed E-state index contributed by atoms with van der Waals surface area (Å²) in [5.74, 6) is 1.66. The number of sulfone groups is 1. The number of hydrogen-bond acceptors (Lipinski definition) is 6. The summed E-state index contributed by atoms with van der Waals surface area (Å²) >= 11 is 7.83. The molecule has 2 aromatic heterocycles. The number of para-hydroxylation sites is 1. The van der Waals surface area contributed by atoms with E-state index in [0.717, 1.165) is 27.4 Å². The van der Waals surface area contributed by atoms with E-state index in [4.69, 9.17) is 11.6 Å². The Hall–Kier alpha value is -1.64. The van der Waals surface area contributed by atoms with Crippen LogP contribution in [-0.4, -0.2) is 39.7 Å². The zero-order chi connectivity index (χ0) is 18.3. The molecule has 0 saturated carbocycles. The van der Waals surface area contributed by atoms with Crippen molar-refractivity contribution in [3.8, 4) is 0 Å². The minimum Gasteiger partial charge on any atom is -0.309 e. The van der Waals surface area contributed by atoms with Crippen LogP contribution in [0.4, 0.5) is 0 Å². The number of nitrogens with zero attached hydrogens (tertiary/aromatic N) is 4. The molecule has 1 saturated heterocycles. The van der Waals surface area contributed by atoms with E-state index in [1.54, 1.807) is 0 Å². The largest absolute Gasteiger partial charge is 0.309 e. The van der Waals surface area contributed by atoms with Crippen LogP contribution in [0.5, 0.6) is 0 Å². The molecule has 0 N–H and O–H groups in total. The zero-order valence-electron chi connectivity index (χ0n) is 14.1. The highest BCUT2D eigenvalue weighted by atomic mass is 35.5. The summed E-state index contributed by atoms with van der Waals surface area (Å²) in [6.45, 7) is 0. The number of fused-ring (bicyclic) bond motifs is 1. The quantitative estimate of drug-likeness (QED) is 0.487. The van der Waals surface area contributed by atoms with Gasteiger partial charge in [-0.05, 0) is 18.6 Å². The molecule has 0 spiro atoms. The molecule has 1 fully saturated rings. The molecule has 1 aromatic carbocycles. The molecule has 0 bridgehead atoms. The van der Waals surface area contributed by atoms with E-state index in [1.165, 1.54) is 11.8 Å². The van der Waals surface area contributed by atoms with Crippen molar-refractivity contribution in [3.05, 3.63) is 46.9 Å². The van der Waals surface area contributed by atoms with Crippen molar-refractivity contribution >= 4 is 44.1 Å². The molecular formula is C17H17ClN4O2S2. The average molecular weight is 409 g/mol. The number of pyridine rings is 1. The lowest BCUT2D eigenvalue weighted by atomic mass is 10.1. The van der Waals surface area contributed by atoms with Gasteiger partial charge in [0.05, 0.1) is 17.0 Å². The molecular weight excluding hydrogens is 392 g/mol. The number of aromatic nitrogens is 4. The first kappa shape index (κ1) is 17.8. The topological polar surface area (TPSA) is 77.7 Å². The van der Waals surface area contributed by atoms with Crippen LogP contribution in [0, 0.1) is 0 Å². The van der Waals surface area contributed by atoms with Gasteiger partial charge in [-0.1, -0.05) is 41.6 Å². The predicted octanol–water partition coefficient (Wildman–Crippen LogP) is 3.21. The van der Waals surface area contributed by atoms with Gasteiger partial charge in [-0.15, -0.1) is 10.2 Å². The van der Waals surface area contributed by atoms with E-state index in [2.05, 4.69) is 15.2 Å². The first-order chi connectivity index (χ1) is 12.4. The second-order valence-corrected chi connectivity index (χ2v) is 9.95. The molecule has 136 valence electrons. The highest BCUT2D eigenvalue weighted by Crippen LogP contribution is 2.31. The van der Waals surface area contributed by atoms with Gasteiger partial charge >= 0.3 is 0 Å². The normalized spacial score (nSPS) is 19.2. The maximum absolute atomic E-state index is 11.7. The maximum Gasteiger partial charge on any atom is 0.191 e. The summed E-state index contributed by atoms with van der Waals surface area (Å²) in [5.41, 5.74) is 1.80. The minimum absolute atomic E-state index is 0.0715. The van der Waals surface area contributed by atoms with Gasteiger partial charge in [0.2, 0.25) is 0 Å². The van der Waals surface area contributed by atoms with Crippen LogP contribution in [0.2, 0.25) is 5.15 Å². The SMILES string of the molecule is Cn1c(SCc2cc3ccccc3nc2Cl)nnc1C1CCS(=O)(=O)C1. The van der Waals surface area contributed by atoms with E-state index in [1.807, 2.05) is 41.9 Å². The lowest BCUT2D eigenvalue weighted by molar-refractivity contribution is 0.599. The van der Waals surface area contributed by atoms with Gasteiger partial charge < -0.3 is 4.57 Å². The first-order valence-electron chi connectivity index (χ1n) is 8.19. The molecule has 1 atom stereocenters.